The van der Waals surface area contributed by atoms with Crippen LogP contribution in [0.1, 0.15) is 27.3 Å². The Morgan fingerprint density at radius 1 is 1.27 bits per heavy atom. The van der Waals surface area contributed by atoms with Crippen molar-refractivity contribution in [3.05, 3.63) is 57.2 Å². The van der Waals surface area contributed by atoms with Gasteiger partial charge in [0, 0.05) is 47.9 Å². The minimum atomic E-state index is -0.379. The fraction of sp³-hybridized carbons (Fsp3) is 0.304. The Morgan fingerprint density at radius 3 is 2.94 bits per heavy atom. The first-order chi connectivity index (χ1) is 16.0. The van der Waals surface area contributed by atoms with E-state index in [2.05, 4.69) is 10.3 Å². The third kappa shape index (κ3) is 4.36. The molecule has 5 rings (SSSR count). The number of nitrogens with one attached hydrogen (secondary N) is 1. The molecule has 0 saturated carbocycles. The Labute approximate surface area is 198 Å². The normalized spacial score (nSPS) is 17.7. The Morgan fingerprint density at radius 2 is 2.15 bits per heavy atom. The molecule has 0 bridgehead atoms. The summed E-state index contributed by atoms with van der Waals surface area (Å²) in [5.41, 5.74) is 2.27. The predicted octanol–water partition coefficient (Wildman–Crippen LogP) is 3.40. The lowest BCUT2D eigenvalue weighted by atomic mass is 10.1. The van der Waals surface area contributed by atoms with Crippen LogP contribution in [0.2, 0.25) is 0 Å². The quantitative estimate of drug-likeness (QED) is 0.602. The second-order valence-corrected chi connectivity index (χ2v) is 9.84. The number of rotatable bonds is 5. The van der Waals surface area contributed by atoms with E-state index in [0.29, 0.717) is 42.5 Å². The van der Waals surface area contributed by atoms with Gasteiger partial charge in [0.25, 0.3) is 5.91 Å². The van der Waals surface area contributed by atoms with Crippen molar-refractivity contribution in [1.29, 1.82) is 0 Å². The van der Waals surface area contributed by atoms with Crippen LogP contribution in [-0.4, -0.2) is 47.8 Å². The van der Waals surface area contributed by atoms with E-state index in [4.69, 9.17) is 4.74 Å². The summed E-state index contributed by atoms with van der Waals surface area (Å²) in [4.78, 5) is 47.2. The number of anilines is 2. The van der Waals surface area contributed by atoms with Crippen molar-refractivity contribution in [2.24, 2.45) is 5.92 Å². The van der Waals surface area contributed by atoms with Crippen LogP contribution in [0.15, 0.2) is 41.1 Å². The van der Waals surface area contributed by atoms with Crippen molar-refractivity contribution in [1.82, 2.24) is 9.88 Å². The molecule has 1 unspecified atom stereocenters. The average molecular weight is 483 g/mol. The van der Waals surface area contributed by atoms with Crippen molar-refractivity contribution in [2.75, 3.05) is 30.4 Å². The van der Waals surface area contributed by atoms with E-state index in [1.165, 1.54) is 22.7 Å². The first kappa shape index (κ1) is 21.6. The Bertz CT molecular complexity index is 1210. The van der Waals surface area contributed by atoms with E-state index >= 15 is 0 Å². The fourth-order valence-electron chi connectivity index (χ4n) is 4.16. The third-order valence-electron chi connectivity index (χ3n) is 5.89. The minimum Gasteiger partial charge on any atom is -0.497 e. The second kappa shape index (κ2) is 8.95. The minimum absolute atomic E-state index is 0.0170. The van der Waals surface area contributed by atoms with Gasteiger partial charge in [-0.15, -0.1) is 0 Å². The van der Waals surface area contributed by atoms with Gasteiger partial charge in [0.1, 0.15) is 5.75 Å². The van der Waals surface area contributed by atoms with Gasteiger partial charge < -0.3 is 14.5 Å². The van der Waals surface area contributed by atoms with Crippen LogP contribution in [0.3, 0.4) is 0 Å². The molecule has 0 aliphatic carbocycles. The van der Waals surface area contributed by atoms with Crippen LogP contribution in [0.5, 0.6) is 5.75 Å². The third-order valence-corrected chi connectivity index (χ3v) is 7.57. The van der Waals surface area contributed by atoms with Crippen molar-refractivity contribution >= 4 is 51.2 Å². The molecule has 3 amide bonds. The number of thiazole rings is 1. The molecule has 4 heterocycles. The number of aromatic nitrogens is 1. The lowest BCUT2D eigenvalue weighted by Crippen LogP contribution is -2.40. The highest BCUT2D eigenvalue weighted by atomic mass is 32.1. The number of thiophene rings is 1. The summed E-state index contributed by atoms with van der Waals surface area (Å²) in [6.07, 6.45) is 0.830. The highest BCUT2D eigenvalue weighted by Crippen LogP contribution is 2.32. The van der Waals surface area contributed by atoms with E-state index < -0.39 is 0 Å². The Hall–Kier alpha value is -3.24. The molecule has 0 radical (unpaired) electrons. The average Bonchev–Trinajstić information content (AvgIpc) is 3.57. The van der Waals surface area contributed by atoms with Gasteiger partial charge in [0.05, 0.1) is 30.8 Å². The van der Waals surface area contributed by atoms with Crippen LogP contribution in [-0.2, 0) is 22.6 Å². The second-order valence-electron chi connectivity index (χ2n) is 7.97. The number of fused-ring (bicyclic) bond motifs is 1. The monoisotopic (exact) mass is 482 g/mol. The number of hydrogen-bond donors (Lipinski definition) is 1. The van der Waals surface area contributed by atoms with Gasteiger partial charge in [-0.2, -0.15) is 11.3 Å². The zero-order valence-electron chi connectivity index (χ0n) is 17.9. The van der Waals surface area contributed by atoms with E-state index in [1.807, 2.05) is 23.6 Å². The lowest BCUT2D eigenvalue weighted by Gasteiger charge is -2.28. The van der Waals surface area contributed by atoms with Crippen molar-refractivity contribution in [3.8, 4) is 5.75 Å². The van der Waals surface area contributed by atoms with E-state index in [-0.39, 0.29) is 30.1 Å². The number of methoxy groups -OCH3 is 1. The summed E-state index contributed by atoms with van der Waals surface area (Å²) in [7, 11) is 1.58. The molecule has 1 atom stereocenters. The van der Waals surface area contributed by atoms with E-state index in [9.17, 15) is 14.4 Å². The maximum absolute atomic E-state index is 13.2. The maximum atomic E-state index is 13.2. The van der Waals surface area contributed by atoms with Crippen molar-refractivity contribution < 1.29 is 19.1 Å². The largest absolute Gasteiger partial charge is 0.497 e. The van der Waals surface area contributed by atoms with Crippen LogP contribution in [0, 0.1) is 5.92 Å². The Kier molecular flexibility index (Phi) is 5.86. The van der Waals surface area contributed by atoms with Gasteiger partial charge in [-0.3, -0.25) is 19.7 Å². The number of benzene rings is 1. The number of carbonyl (C=O) groups is 3. The van der Waals surface area contributed by atoms with Crippen LogP contribution >= 0.6 is 22.7 Å². The number of ether oxygens (including phenoxy) is 1. The predicted molar refractivity (Wildman–Crippen MR) is 127 cm³/mol. The highest BCUT2D eigenvalue weighted by Gasteiger charge is 2.38. The number of amides is 3. The first-order valence-corrected chi connectivity index (χ1v) is 12.3. The summed E-state index contributed by atoms with van der Waals surface area (Å²) < 4.78 is 5.26. The topological polar surface area (TPSA) is 91.8 Å². The molecular formula is C23H22N4O4S2. The molecule has 1 N–H and O–H groups in total. The zero-order valence-corrected chi connectivity index (χ0v) is 19.6. The van der Waals surface area contributed by atoms with Crippen molar-refractivity contribution in [2.45, 2.75) is 19.4 Å². The number of hydrogen-bond acceptors (Lipinski definition) is 7. The molecule has 8 nitrogen and oxygen atoms in total. The van der Waals surface area contributed by atoms with Gasteiger partial charge in [0.2, 0.25) is 11.8 Å². The summed E-state index contributed by atoms with van der Waals surface area (Å²) >= 11 is 2.87. The molecule has 3 aromatic rings. The summed E-state index contributed by atoms with van der Waals surface area (Å²) in [6, 6.07) is 9.09. The maximum Gasteiger partial charge on any atom is 0.258 e. The zero-order chi connectivity index (χ0) is 22.9. The van der Waals surface area contributed by atoms with Gasteiger partial charge in [-0.05, 0) is 23.6 Å². The van der Waals surface area contributed by atoms with E-state index in [1.54, 1.807) is 34.4 Å². The van der Waals surface area contributed by atoms with E-state index in [0.717, 1.165) is 16.3 Å². The molecule has 33 heavy (non-hydrogen) atoms. The van der Waals surface area contributed by atoms with Crippen LogP contribution < -0.4 is 15.0 Å². The molecular weight excluding hydrogens is 460 g/mol. The molecule has 170 valence electrons. The molecule has 2 aliphatic rings. The van der Waals surface area contributed by atoms with Crippen molar-refractivity contribution in [3.63, 3.8) is 0 Å². The SMILES string of the molecule is COc1cccc(N2CC(C(=O)N3CCc4nc(NC(=O)c5ccsc5)sc4C3)CC2=O)c1. The highest BCUT2D eigenvalue weighted by molar-refractivity contribution is 7.16. The summed E-state index contributed by atoms with van der Waals surface area (Å²) in [5, 5.41) is 7.05. The smallest absolute Gasteiger partial charge is 0.258 e. The molecule has 1 fully saturated rings. The summed E-state index contributed by atoms with van der Waals surface area (Å²) in [5.74, 6) is 0.0335. The Balaban J connectivity index is 1.24. The van der Waals surface area contributed by atoms with Gasteiger partial charge in [-0.25, -0.2) is 4.98 Å². The fourth-order valence-corrected chi connectivity index (χ4v) is 5.81. The molecule has 0 spiro atoms. The van der Waals surface area contributed by atoms with Crippen LogP contribution in [0.4, 0.5) is 10.8 Å². The van der Waals surface area contributed by atoms with Gasteiger partial charge >= 0.3 is 0 Å². The molecule has 1 saturated heterocycles. The van der Waals surface area contributed by atoms with Gasteiger partial charge in [0.15, 0.2) is 5.13 Å². The molecule has 2 aliphatic heterocycles. The molecule has 1 aromatic carbocycles. The van der Waals surface area contributed by atoms with Crippen LogP contribution in [0.25, 0.3) is 0 Å². The number of carbonyl (C=O) groups excluding carboxylic acids is 3. The number of nitrogens with zero attached hydrogens (tertiary/aromatic N) is 3. The molecule has 2 aromatic heterocycles. The summed E-state index contributed by atoms with van der Waals surface area (Å²) in [6.45, 7) is 1.36. The first-order valence-electron chi connectivity index (χ1n) is 10.6. The van der Waals surface area contributed by atoms with Gasteiger partial charge in [-0.1, -0.05) is 17.4 Å². The lowest BCUT2D eigenvalue weighted by molar-refractivity contribution is -0.136. The molecule has 10 heteroatoms. The standard InChI is InChI=1S/C23H22N4O4S2/c1-31-17-4-2-3-16(10-17)27-11-15(9-20(27)28)22(30)26-7-5-18-19(12-26)33-23(24-18)25-21(29)14-6-8-32-13-14/h2-4,6,8,10,13,15H,5,7,9,11-12H2,1H3,(H,24,25,29).